The first-order chi connectivity index (χ1) is 8.15. The summed E-state index contributed by atoms with van der Waals surface area (Å²) >= 11 is 3.21. The fourth-order valence-corrected chi connectivity index (χ4v) is 1.66. The zero-order valence-electron chi connectivity index (χ0n) is 8.97. The second-order valence-electron chi connectivity index (χ2n) is 3.55. The Hall–Kier alpha value is -1.46. The van der Waals surface area contributed by atoms with Crippen molar-refractivity contribution in [2.24, 2.45) is 5.73 Å². The molecule has 90 valence electrons. The maximum Gasteiger partial charge on any atom is 0.169 e. The van der Waals surface area contributed by atoms with Crippen LogP contribution in [0.4, 0.5) is 0 Å². The van der Waals surface area contributed by atoms with E-state index in [9.17, 15) is 0 Å². The van der Waals surface area contributed by atoms with Gasteiger partial charge in [-0.3, -0.25) is 0 Å². The van der Waals surface area contributed by atoms with Crippen molar-refractivity contribution >= 4 is 15.9 Å². The van der Waals surface area contributed by atoms with Crippen LogP contribution >= 0.6 is 15.9 Å². The monoisotopic (exact) mass is 297 g/mol. The van der Waals surface area contributed by atoms with E-state index in [1.807, 2.05) is 0 Å². The van der Waals surface area contributed by atoms with Crippen LogP contribution in [0.2, 0.25) is 0 Å². The number of phenols is 1. The molecule has 0 aliphatic heterocycles. The van der Waals surface area contributed by atoms with Gasteiger partial charge >= 0.3 is 0 Å². The highest BCUT2D eigenvalue weighted by Gasteiger charge is 2.11. The van der Waals surface area contributed by atoms with Crippen molar-refractivity contribution in [3.8, 4) is 11.5 Å². The Labute approximate surface area is 107 Å². The number of hydrogen-bond donors (Lipinski definition) is 2. The van der Waals surface area contributed by atoms with Gasteiger partial charge in [-0.2, -0.15) is 0 Å². The normalized spacial score (nSPS) is 12.4. The van der Waals surface area contributed by atoms with Crippen molar-refractivity contribution in [2.45, 2.75) is 6.04 Å². The summed E-state index contributed by atoms with van der Waals surface area (Å²) in [7, 11) is 0. The first kappa shape index (κ1) is 12.0. The number of ether oxygens (including phenoxy) is 1. The molecule has 0 spiro atoms. The van der Waals surface area contributed by atoms with Gasteiger partial charge in [0.15, 0.2) is 4.67 Å². The van der Waals surface area contributed by atoms with Gasteiger partial charge in [-0.25, -0.2) is 0 Å². The molecule has 0 bridgehead atoms. The Bertz CT molecular complexity index is 481. The highest BCUT2D eigenvalue weighted by Crippen LogP contribution is 2.21. The molecular weight excluding hydrogens is 286 g/mol. The van der Waals surface area contributed by atoms with Crippen LogP contribution in [0.15, 0.2) is 45.5 Å². The topological polar surface area (TPSA) is 68.6 Å². The maximum atomic E-state index is 9.11. The van der Waals surface area contributed by atoms with E-state index >= 15 is 0 Å². The molecular formula is C12H12BrNO3. The second kappa shape index (κ2) is 5.25. The minimum Gasteiger partial charge on any atom is -0.508 e. The predicted octanol–water partition coefficient (Wildman–Crippen LogP) is 2.83. The summed E-state index contributed by atoms with van der Waals surface area (Å²) in [4.78, 5) is 0. The number of phenolic OH excluding ortho intramolecular Hbond substituents is 1. The Morgan fingerprint density at radius 1 is 1.24 bits per heavy atom. The first-order valence-corrected chi connectivity index (χ1v) is 5.87. The van der Waals surface area contributed by atoms with Crippen LogP contribution < -0.4 is 10.5 Å². The number of aromatic hydroxyl groups is 1. The van der Waals surface area contributed by atoms with Crippen molar-refractivity contribution in [1.82, 2.24) is 0 Å². The van der Waals surface area contributed by atoms with Crippen molar-refractivity contribution in [3.63, 3.8) is 0 Å². The third-order valence-corrected chi connectivity index (χ3v) is 2.65. The predicted molar refractivity (Wildman–Crippen MR) is 66.9 cm³/mol. The average molecular weight is 298 g/mol. The van der Waals surface area contributed by atoms with Gasteiger partial charge < -0.3 is 20.0 Å². The van der Waals surface area contributed by atoms with Gasteiger partial charge in [0, 0.05) is 0 Å². The SMILES string of the molecule is NC(COc1ccc(O)cc1)c1ccc(Br)o1. The molecule has 4 nitrogen and oxygen atoms in total. The Morgan fingerprint density at radius 2 is 1.94 bits per heavy atom. The van der Waals surface area contributed by atoms with Gasteiger partial charge in [-0.15, -0.1) is 0 Å². The van der Waals surface area contributed by atoms with Crippen LogP contribution in [0.5, 0.6) is 11.5 Å². The lowest BCUT2D eigenvalue weighted by Crippen LogP contribution is -2.18. The van der Waals surface area contributed by atoms with Gasteiger partial charge in [0.1, 0.15) is 23.9 Å². The number of nitrogens with two attached hydrogens (primary N) is 1. The average Bonchev–Trinajstić information content (AvgIpc) is 2.75. The molecule has 1 aromatic carbocycles. The van der Waals surface area contributed by atoms with E-state index in [4.69, 9.17) is 20.0 Å². The van der Waals surface area contributed by atoms with Gasteiger partial charge in [-0.1, -0.05) is 0 Å². The van der Waals surface area contributed by atoms with Crippen molar-refractivity contribution in [3.05, 3.63) is 46.8 Å². The molecule has 0 radical (unpaired) electrons. The van der Waals surface area contributed by atoms with Gasteiger partial charge in [0.25, 0.3) is 0 Å². The smallest absolute Gasteiger partial charge is 0.169 e. The summed E-state index contributed by atoms with van der Waals surface area (Å²) in [6.07, 6.45) is 0. The highest BCUT2D eigenvalue weighted by atomic mass is 79.9. The standard InChI is InChI=1S/C12H12BrNO3/c13-12-6-5-11(17-12)10(14)7-16-9-3-1-8(15)2-4-9/h1-6,10,15H,7,14H2. The first-order valence-electron chi connectivity index (χ1n) is 5.08. The summed E-state index contributed by atoms with van der Waals surface area (Å²) in [6, 6.07) is 9.75. The number of rotatable bonds is 4. The number of furan rings is 1. The van der Waals surface area contributed by atoms with E-state index < -0.39 is 0 Å². The van der Waals surface area contributed by atoms with Crippen LogP contribution in [0.1, 0.15) is 11.8 Å². The molecule has 0 aliphatic carbocycles. The van der Waals surface area contributed by atoms with E-state index in [1.165, 1.54) is 0 Å². The summed E-state index contributed by atoms with van der Waals surface area (Å²) < 4.78 is 11.4. The fraction of sp³-hybridized carbons (Fsp3) is 0.167. The molecule has 0 fully saturated rings. The van der Waals surface area contributed by atoms with Crippen LogP contribution in [-0.4, -0.2) is 11.7 Å². The molecule has 0 saturated heterocycles. The molecule has 0 amide bonds. The third-order valence-electron chi connectivity index (χ3n) is 2.23. The zero-order valence-corrected chi connectivity index (χ0v) is 10.6. The molecule has 1 aromatic heterocycles. The number of halogens is 1. The second-order valence-corrected chi connectivity index (χ2v) is 4.33. The summed E-state index contributed by atoms with van der Waals surface area (Å²) in [5.41, 5.74) is 5.90. The van der Waals surface area contributed by atoms with Crippen molar-refractivity contribution in [2.75, 3.05) is 6.61 Å². The molecule has 2 rings (SSSR count). The molecule has 0 saturated carbocycles. The Morgan fingerprint density at radius 3 is 2.53 bits per heavy atom. The lowest BCUT2D eigenvalue weighted by molar-refractivity contribution is 0.271. The maximum absolute atomic E-state index is 9.11. The molecule has 2 aromatic rings. The van der Waals surface area contributed by atoms with Crippen LogP contribution in [0.3, 0.4) is 0 Å². The molecule has 1 unspecified atom stereocenters. The summed E-state index contributed by atoms with van der Waals surface area (Å²) in [5, 5.41) is 9.11. The van der Waals surface area contributed by atoms with Crippen LogP contribution in [0, 0.1) is 0 Å². The quantitative estimate of drug-likeness (QED) is 0.910. The van der Waals surface area contributed by atoms with E-state index in [1.54, 1.807) is 36.4 Å². The Kier molecular flexibility index (Phi) is 3.71. The van der Waals surface area contributed by atoms with Gasteiger partial charge in [0.05, 0.1) is 6.04 Å². The van der Waals surface area contributed by atoms with Gasteiger partial charge in [0.2, 0.25) is 0 Å². The van der Waals surface area contributed by atoms with Crippen molar-refractivity contribution in [1.29, 1.82) is 0 Å². The minimum absolute atomic E-state index is 0.205. The highest BCUT2D eigenvalue weighted by molar-refractivity contribution is 9.10. The van der Waals surface area contributed by atoms with Crippen LogP contribution in [-0.2, 0) is 0 Å². The molecule has 1 heterocycles. The molecule has 1 atom stereocenters. The third kappa shape index (κ3) is 3.25. The lowest BCUT2D eigenvalue weighted by atomic mass is 10.2. The summed E-state index contributed by atoms with van der Waals surface area (Å²) in [6.45, 7) is 0.310. The lowest BCUT2D eigenvalue weighted by Gasteiger charge is -2.10. The minimum atomic E-state index is -0.324. The molecule has 3 N–H and O–H groups in total. The van der Waals surface area contributed by atoms with E-state index in [-0.39, 0.29) is 11.8 Å². The molecule has 17 heavy (non-hydrogen) atoms. The van der Waals surface area contributed by atoms with E-state index in [2.05, 4.69) is 15.9 Å². The number of benzene rings is 1. The summed E-state index contributed by atoms with van der Waals surface area (Å²) in [5.74, 6) is 1.52. The zero-order chi connectivity index (χ0) is 12.3. The molecule has 5 heteroatoms. The van der Waals surface area contributed by atoms with E-state index in [0.717, 1.165) is 0 Å². The van der Waals surface area contributed by atoms with Crippen LogP contribution in [0.25, 0.3) is 0 Å². The van der Waals surface area contributed by atoms with Gasteiger partial charge in [-0.05, 0) is 52.3 Å². The Balaban J connectivity index is 1.92. The van der Waals surface area contributed by atoms with Crippen molar-refractivity contribution < 1.29 is 14.3 Å². The fourth-order valence-electron chi connectivity index (χ4n) is 1.34. The largest absolute Gasteiger partial charge is 0.508 e. The number of hydrogen-bond acceptors (Lipinski definition) is 4. The molecule has 0 aliphatic rings. The van der Waals surface area contributed by atoms with E-state index in [0.29, 0.717) is 22.8 Å².